The van der Waals surface area contributed by atoms with Crippen LogP contribution in [0.4, 0.5) is 8.78 Å². The molecule has 2 aromatic carbocycles. The second-order valence-electron chi connectivity index (χ2n) is 12.1. The molecule has 3 aliphatic carbocycles. The minimum atomic E-state index is -2.71. The molecule has 2 fully saturated rings. The molecule has 1 aliphatic heterocycles. The van der Waals surface area contributed by atoms with Crippen LogP contribution in [0, 0.1) is 23.2 Å². The van der Waals surface area contributed by atoms with Gasteiger partial charge in [0.1, 0.15) is 0 Å². The number of rotatable bonds is 7. The number of hydrogen-bond donors (Lipinski definition) is 3. The van der Waals surface area contributed by atoms with Gasteiger partial charge in [-0.1, -0.05) is 31.2 Å². The fraction of sp³-hybridized carbons (Fsp3) is 0.567. The van der Waals surface area contributed by atoms with E-state index in [0.29, 0.717) is 49.2 Å². The Kier molecular flexibility index (Phi) is 6.86. The molecule has 0 unspecified atom stereocenters. The van der Waals surface area contributed by atoms with Gasteiger partial charge in [-0.3, -0.25) is 4.79 Å². The fourth-order valence-corrected chi connectivity index (χ4v) is 8.14. The number of aryl methyl sites for hydroxylation is 1. The number of ether oxygens (including phenoxy) is 2. The predicted octanol–water partition coefficient (Wildman–Crippen LogP) is 4.30. The summed E-state index contributed by atoms with van der Waals surface area (Å²) in [6, 6.07) is 11.2. The van der Waals surface area contributed by atoms with Crippen molar-refractivity contribution in [3.63, 3.8) is 0 Å². The summed E-state index contributed by atoms with van der Waals surface area (Å²) in [5, 5.41) is 22.1. The monoisotopic (exact) mass is 539 g/mol. The Morgan fingerprint density at radius 3 is 2.77 bits per heavy atom. The second kappa shape index (κ2) is 10.1. The van der Waals surface area contributed by atoms with E-state index in [-0.39, 0.29) is 42.8 Å². The minimum absolute atomic E-state index is 0.0739. The maximum absolute atomic E-state index is 15.5. The zero-order chi connectivity index (χ0) is 27.4. The van der Waals surface area contributed by atoms with Crippen LogP contribution in [-0.4, -0.2) is 35.8 Å². The Balaban J connectivity index is 1.10. The van der Waals surface area contributed by atoms with Gasteiger partial charge in [0, 0.05) is 24.8 Å². The number of fused-ring (bicyclic) bond motifs is 6. The summed E-state index contributed by atoms with van der Waals surface area (Å²) < 4.78 is 41.8. The Hall–Kier alpha value is -2.65. The lowest BCUT2D eigenvalue weighted by Gasteiger charge is -2.51. The SMILES string of the molecule is C[C@]12CC[C@@H]3c4ccc(B(O)O)cc4CC[C@H]3[C@@H]1[C@@H](CCCC(=O)NCc1ccc3c(c1)OCO3)CC2(F)F. The number of carbonyl (C=O) groups is 1. The minimum Gasteiger partial charge on any atom is -0.454 e. The average Bonchev–Trinajstić information content (AvgIpc) is 3.46. The summed E-state index contributed by atoms with van der Waals surface area (Å²) in [7, 11) is -1.50. The van der Waals surface area contributed by atoms with Crippen molar-refractivity contribution >= 4 is 18.5 Å². The first-order valence-corrected chi connectivity index (χ1v) is 14.2. The standard InChI is InChI=1S/C30H36BF2NO5/c1-29-12-11-23-22-9-7-21(31(36)37)14-19(22)6-8-24(23)28(29)20(15-30(29,32)33)3-2-4-27(35)34-16-18-5-10-25-26(13-18)39-17-38-25/h5,7,9-10,13-14,20,23-24,28,36-37H,2-4,6,8,11-12,15-17H2,1H3,(H,34,35)/t20-,23+,24+,28-,29-/m0/s1. The second-order valence-corrected chi connectivity index (χ2v) is 12.1. The molecule has 9 heteroatoms. The van der Waals surface area contributed by atoms with E-state index in [4.69, 9.17) is 9.47 Å². The van der Waals surface area contributed by atoms with Gasteiger partial charge < -0.3 is 24.8 Å². The smallest absolute Gasteiger partial charge is 0.454 e. The Bertz CT molecular complexity index is 1260. The molecule has 2 saturated carbocycles. The number of alkyl halides is 2. The molecule has 208 valence electrons. The zero-order valence-electron chi connectivity index (χ0n) is 22.3. The van der Waals surface area contributed by atoms with Crippen molar-refractivity contribution in [1.82, 2.24) is 5.32 Å². The van der Waals surface area contributed by atoms with Gasteiger partial charge in [-0.25, -0.2) is 8.78 Å². The normalized spacial score (nSPS) is 29.8. The van der Waals surface area contributed by atoms with E-state index in [1.807, 2.05) is 30.3 Å². The maximum atomic E-state index is 15.5. The van der Waals surface area contributed by atoms with E-state index in [9.17, 15) is 14.8 Å². The average molecular weight is 539 g/mol. The van der Waals surface area contributed by atoms with Crippen LogP contribution in [-0.2, 0) is 17.8 Å². The molecule has 0 bridgehead atoms. The molecule has 2 aromatic rings. The molecule has 3 N–H and O–H groups in total. The molecule has 4 aliphatic rings. The molecule has 1 heterocycles. The van der Waals surface area contributed by atoms with Gasteiger partial charge in [-0.05, 0) is 96.5 Å². The Morgan fingerprint density at radius 1 is 1.13 bits per heavy atom. The molecule has 5 atom stereocenters. The van der Waals surface area contributed by atoms with Crippen LogP contribution >= 0.6 is 0 Å². The third kappa shape index (κ3) is 4.71. The summed E-state index contributed by atoms with van der Waals surface area (Å²) in [4.78, 5) is 12.6. The highest BCUT2D eigenvalue weighted by Crippen LogP contribution is 2.68. The molecular weight excluding hydrogens is 503 g/mol. The first kappa shape index (κ1) is 26.6. The van der Waals surface area contributed by atoms with Gasteiger partial charge >= 0.3 is 7.12 Å². The van der Waals surface area contributed by atoms with E-state index >= 15 is 8.78 Å². The number of amides is 1. The molecule has 39 heavy (non-hydrogen) atoms. The molecular formula is C30H36BF2NO5. The Morgan fingerprint density at radius 2 is 1.95 bits per heavy atom. The molecule has 0 aromatic heterocycles. The van der Waals surface area contributed by atoms with Crippen molar-refractivity contribution in [1.29, 1.82) is 0 Å². The topological polar surface area (TPSA) is 88.0 Å². The van der Waals surface area contributed by atoms with Crippen LogP contribution in [0.5, 0.6) is 11.5 Å². The highest BCUT2D eigenvalue weighted by Gasteiger charge is 2.67. The fourth-order valence-electron chi connectivity index (χ4n) is 8.14. The summed E-state index contributed by atoms with van der Waals surface area (Å²) in [6.07, 6.45) is 4.26. The first-order chi connectivity index (χ1) is 18.7. The number of halogens is 2. The van der Waals surface area contributed by atoms with E-state index in [1.165, 1.54) is 5.56 Å². The van der Waals surface area contributed by atoms with E-state index < -0.39 is 18.5 Å². The summed E-state index contributed by atoms with van der Waals surface area (Å²) in [5.74, 6) is -1.20. The number of benzene rings is 2. The highest BCUT2D eigenvalue weighted by atomic mass is 19.3. The van der Waals surface area contributed by atoms with Crippen LogP contribution in [0.2, 0.25) is 0 Å². The third-order valence-electron chi connectivity index (χ3n) is 10.1. The lowest BCUT2D eigenvalue weighted by Crippen LogP contribution is -2.47. The van der Waals surface area contributed by atoms with Gasteiger partial charge in [0.2, 0.25) is 12.7 Å². The van der Waals surface area contributed by atoms with Crippen molar-refractivity contribution in [2.45, 2.75) is 76.7 Å². The quantitative estimate of drug-likeness (QED) is 0.457. The number of hydrogen-bond acceptors (Lipinski definition) is 5. The summed E-state index contributed by atoms with van der Waals surface area (Å²) in [5.41, 5.74) is 2.69. The Labute approximate surface area is 228 Å². The van der Waals surface area contributed by atoms with Gasteiger partial charge in [0.15, 0.2) is 11.5 Å². The van der Waals surface area contributed by atoms with Crippen molar-refractivity contribution in [2.24, 2.45) is 23.2 Å². The predicted molar refractivity (Wildman–Crippen MR) is 143 cm³/mol. The van der Waals surface area contributed by atoms with Gasteiger partial charge in [0.05, 0.1) is 0 Å². The van der Waals surface area contributed by atoms with Gasteiger partial charge in [-0.15, -0.1) is 0 Å². The van der Waals surface area contributed by atoms with Crippen LogP contribution in [0.1, 0.15) is 74.5 Å². The van der Waals surface area contributed by atoms with Crippen LogP contribution in [0.15, 0.2) is 36.4 Å². The molecule has 0 saturated heterocycles. The maximum Gasteiger partial charge on any atom is 0.488 e. The molecule has 0 spiro atoms. The lowest BCUT2D eigenvalue weighted by atomic mass is 9.53. The molecule has 6 rings (SSSR count). The lowest BCUT2D eigenvalue weighted by molar-refractivity contribution is -0.133. The van der Waals surface area contributed by atoms with Crippen LogP contribution in [0.25, 0.3) is 0 Å². The summed E-state index contributed by atoms with van der Waals surface area (Å²) >= 11 is 0. The number of nitrogens with one attached hydrogen (secondary N) is 1. The molecule has 6 nitrogen and oxygen atoms in total. The first-order valence-electron chi connectivity index (χ1n) is 14.2. The third-order valence-corrected chi connectivity index (χ3v) is 10.1. The van der Waals surface area contributed by atoms with Crippen LogP contribution < -0.4 is 20.3 Å². The van der Waals surface area contributed by atoms with E-state index in [0.717, 1.165) is 30.4 Å². The largest absolute Gasteiger partial charge is 0.488 e. The van der Waals surface area contributed by atoms with Gasteiger partial charge in [-0.2, -0.15) is 0 Å². The van der Waals surface area contributed by atoms with Crippen molar-refractivity contribution in [3.8, 4) is 11.5 Å². The van der Waals surface area contributed by atoms with Crippen LogP contribution in [0.3, 0.4) is 0 Å². The summed E-state index contributed by atoms with van der Waals surface area (Å²) in [6.45, 7) is 2.39. The van der Waals surface area contributed by atoms with Crippen molar-refractivity contribution in [2.75, 3.05) is 6.79 Å². The molecule has 1 amide bonds. The zero-order valence-corrected chi connectivity index (χ0v) is 22.3. The van der Waals surface area contributed by atoms with E-state index in [2.05, 4.69) is 5.32 Å². The molecule has 0 radical (unpaired) electrons. The van der Waals surface area contributed by atoms with Gasteiger partial charge in [0.25, 0.3) is 5.92 Å². The van der Waals surface area contributed by atoms with Crippen molar-refractivity contribution < 1.29 is 33.1 Å². The van der Waals surface area contributed by atoms with E-state index in [1.54, 1.807) is 13.0 Å². The number of carbonyl (C=O) groups excluding carboxylic acids is 1. The highest BCUT2D eigenvalue weighted by molar-refractivity contribution is 6.58. The van der Waals surface area contributed by atoms with Crippen molar-refractivity contribution in [3.05, 3.63) is 53.1 Å².